The topological polar surface area (TPSA) is 38.3 Å². The van der Waals surface area contributed by atoms with E-state index in [0.717, 1.165) is 26.4 Å². The molecule has 0 fully saturated rings. The van der Waals surface area contributed by atoms with Crippen LogP contribution in [0.5, 0.6) is 5.75 Å². The molecule has 0 radical (unpaired) electrons. The van der Waals surface area contributed by atoms with Crippen LogP contribution in [-0.4, -0.2) is 13.0 Å². The molecule has 0 spiro atoms. The summed E-state index contributed by atoms with van der Waals surface area (Å²) in [5.41, 5.74) is 2.29. The van der Waals surface area contributed by atoms with Crippen molar-refractivity contribution in [3.05, 3.63) is 87.4 Å². The number of anilines is 1. The lowest BCUT2D eigenvalue weighted by atomic mass is 10.1. The van der Waals surface area contributed by atoms with Gasteiger partial charge in [-0.1, -0.05) is 27.5 Å². The number of amides is 1. The van der Waals surface area contributed by atoms with Gasteiger partial charge in [-0.25, -0.2) is 0 Å². The highest BCUT2D eigenvalue weighted by Gasteiger charge is 2.11. The minimum absolute atomic E-state index is 0.155. The van der Waals surface area contributed by atoms with Gasteiger partial charge in [0.2, 0.25) is 0 Å². The molecule has 0 bridgehead atoms. The summed E-state index contributed by atoms with van der Waals surface area (Å²) in [7, 11) is 1.63. The first-order valence-corrected chi connectivity index (χ1v) is 10.3. The fourth-order valence-corrected chi connectivity index (χ4v) is 3.73. The molecule has 0 heterocycles. The van der Waals surface area contributed by atoms with Crippen LogP contribution in [0.25, 0.3) is 0 Å². The van der Waals surface area contributed by atoms with E-state index in [0.29, 0.717) is 16.3 Å². The number of benzene rings is 3. The molecule has 3 nitrogen and oxygen atoms in total. The van der Waals surface area contributed by atoms with Crippen LogP contribution in [0.15, 0.2) is 76.1 Å². The molecule has 0 saturated carbocycles. The van der Waals surface area contributed by atoms with E-state index in [1.54, 1.807) is 24.9 Å². The highest BCUT2D eigenvalue weighted by atomic mass is 79.9. The molecule has 138 valence electrons. The summed E-state index contributed by atoms with van der Waals surface area (Å²) in [6.07, 6.45) is 0. The van der Waals surface area contributed by atoms with Gasteiger partial charge in [0.05, 0.1) is 7.11 Å². The Morgan fingerprint density at radius 1 is 1.07 bits per heavy atom. The van der Waals surface area contributed by atoms with Crippen molar-refractivity contribution in [3.8, 4) is 5.75 Å². The maximum Gasteiger partial charge on any atom is 0.255 e. The Hall–Kier alpha value is -1.95. The Bertz CT molecular complexity index is 930. The number of hydrogen-bond acceptors (Lipinski definition) is 3. The fraction of sp³-hybridized carbons (Fsp3) is 0.0952. The highest BCUT2D eigenvalue weighted by molar-refractivity contribution is 9.10. The molecule has 0 unspecified atom stereocenters. The Kier molecular flexibility index (Phi) is 6.83. The van der Waals surface area contributed by atoms with E-state index < -0.39 is 0 Å². The molecule has 0 atom stereocenters. The summed E-state index contributed by atoms with van der Waals surface area (Å²) < 4.78 is 6.41. The van der Waals surface area contributed by atoms with Crippen molar-refractivity contribution in [1.29, 1.82) is 0 Å². The zero-order chi connectivity index (χ0) is 19.2. The molecule has 0 aliphatic heterocycles. The average molecular weight is 463 g/mol. The number of rotatable bonds is 6. The predicted molar refractivity (Wildman–Crippen MR) is 116 cm³/mol. The van der Waals surface area contributed by atoms with Crippen molar-refractivity contribution >= 4 is 50.9 Å². The van der Waals surface area contributed by atoms with Crippen LogP contribution < -0.4 is 10.1 Å². The van der Waals surface area contributed by atoms with Gasteiger partial charge in [0.25, 0.3) is 5.91 Å². The molecule has 6 heteroatoms. The van der Waals surface area contributed by atoms with E-state index in [9.17, 15) is 4.79 Å². The maximum atomic E-state index is 12.6. The van der Waals surface area contributed by atoms with Crippen LogP contribution in [0.1, 0.15) is 15.9 Å². The first-order chi connectivity index (χ1) is 13.0. The van der Waals surface area contributed by atoms with E-state index >= 15 is 0 Å². The van der Waals surface area contributed by atoms with Crippen molar-refractivity contribution in [2.24, 2.45) is 0 Å². The maximum absolute atomic E-state index is 12.6. The van der Waals surface area contributed by atoms with E-state index in [1.165, 1.54) is 0 Å². The number of methoxy groups -OCH3 is 1. The lowest BCUT2D eigenvalue weighted by Crippen LogP contribution is -2.12. The minimum Gasteiger partial charge on any atom is -0.496 e. The van der Waals surface area contributed by atoms with Crippen molar-refractivity contribution < 1.29 is 9.53 Å². The molecule has 0 aromatic heterocycles. The molecular weight excluding hydrogens is 446 g/mol. The Labute approximate surface area is 176 Å². The molecule has 3 rings (SSSR count). The van der Waals surface area contributed by atoms with E-state index in [4.69, 9.17) is 16.3 Å². The van der Waals surface area contributed by atoms with Gasteiger partial charge in [-0.05, 0) is 66.7 Å². The Balaban J connectivity index is 1.74. The van der Waals surface area contributed by atoms with Gasteiger partial charge in [-0.2, -0.15) is 0 Å². The molecule has 0 aliphatic rings. The first kappa shape index (κ1) is 19.8. The lowest BCUT2D eigenvalue weighted by molar-refractivity contribution is 0.102. The van der Waals surface area contributed by atoms with Gasteiger partial charge in [-0.15, -0.1) is 11.8 Å². The smallest absolute Gasteiger partial charge is 0.255 e. The Morgan fingerprint density at radius 2 is 1.78 bits per heavy atom. The highest BCUT2D eigenvalue weighted by Crippen LogP contribution is 2.29. The third kappa shape index (κ3) is 5.51. The zero-order valence-corrected chi connectivity index (χ0v) is 17.7. The number of carbonyl (C=O) groups excluding carboxylic acids is 1. The van der Waals surface area contributed by atoms with Gasteiger partial charge in [-0.3, -0.25) is 4.79 Å². The van der Waals surface area contributed by atoms with Crippen molar-refractivity contribution in [2.45, 2.75) is 10.6 Å². The second-order valence-electron chi connectivity index (χ2n) is 5.73. The summed E-state index contributed by atoms with van der Waals surface area (Å²) in [6.45, 7) is 0. The number of ether oxygens (including phenoxy) is 1. The number of halogens is 2. The zero-order valence-electron chi connectivity index (χ0n) is 14.5. The summed E-state index contributed by atoms with van der Waals surface area (Å²) in [6, 6.07) is 20.6. The number of thioether (sulfide) groups is 1. The second kappa shape index (κ2) is 9.31. The number of carbonyl (C=O) groups is 1. The fourth-order valence-electron chi connectivity index (χ4n) is 2.46. The summed E-state index contributed by atoms with van der Waals surface area (Å²) in [5.74, 6) is 1.29. The van der Waals surface area contributed by atoms with E-state index in [2.05, 4.69) is 21.2 Å². The quantitative estimate of drug-likeness (QED) is 0.416. The standard InChI is InChI=1S/C21H17BrClNO2S/c1-26-20-11-2-14(21(25)24-18-7-3-16(22)4-8-18)12-15(20)13-27-19-9-5-17(23)6-10-19/h2-12H,13H2,1H3,(H,24,25). The van der Waals surface area contributed by atoms with Crippen molar-refractivity contribution in [3.63, 3.8) is 0 Å². The summed E-state index contributed by atoms with van der Waals surface area (Å²) >= 11 is 11.0. The van der Waals surface area contributed by atoms with Gasteiger partial charge in [0.15, 0.2) is 0 Å². The molecular formula is C21H17BrClNO2S. The van der Waals surface area contributed by atoms with Gasteiger partial charge < -0.3 is 10.1 Å². The normalized spacial score (nSPS) is 10.5. The molecule has 3 aromatic carbocycles. The average Bonchev–Trinajstić information content (AvgIpc) is 2.69. The summed E-state index contributed by atoms with van der Waals surface area (Å²) in [4.78, 5) is 13.7. The predicted octanol–water partition coefficient (Wildman–Crippen LogP) is 6.66. The molecule has 27 heavy (non-hydrogen) atoms. The van der Waals surface area contributed by atoms with Crippen LogP contribution in [0.2, 0.25) is 5.02 Å². The molecule has 1 amide bonds. The van der Waals surface area contributed by atoms with Crippen LogP contribution in [0.3, 0.4) is 0 Å². The first-order valence-electron chi connectivity index (χ1n) is 8.17. The number of nitrogens with one attached hydrogen (secondary N) is 1. The van der Waals surface area contributed by atoms with E-state index in [1.807, 2.05) is 60.7 Å². The Morgan fingerprint density at radius 3 is 2.44 bits per heavy atom. The third-order valence-electron chi connectivity index (χ3n) is 3.85. The third-order valence-corrected chi connectivity index (χ3v) is 5.69. The lowest BCUT2D eigenvalue weighted by Gasteiger charge is -2.11. The molecule has 1 N–H and O–H groups in total. The van der Waals surface area contributed by atoms with Crippen molar-refractivity contribution in [1.82, 2.24) is 0 Å². The van der Waals surface area contributed by atoms with Crippen LogP contribution >= 0.6 is 39.3 Å². The second-order valence-corrected chi connectivity index (χ2v) is 8.13. The van der Waals surface area contributed by atoms with Gasteiger partial charge in [0.1, 0.15) is 5.75 Å². The summed E-state index contributed by atoms with van der Waals surface area (Å²) in [5, 5.41) is 3.62. The van der Waals surface area contributed by atoms with Gasteiger partial charge in [0, 0.05) is 37.0 Å². The van der Waals surface area contributed by atoms with Gasteiger partial charge >= 0.3 is 0 Å². The van der Waals surface area contributed by atoms with Crippen LogP contribution in [-0.2, 0) is 5.75 Å². The van der Waals surface area contributed by atoms with Crippen molar-refractivity contribution in [2.75, 3.05) is 12.4 Å². The molecule has 0 aliphatic carbocycles. The largest absolute Gasteiger partial charge is 0.496 e. The molecule has 3 aromatic rings. The van der Waals surface area contributed by atoms with E-state index in [-0.39, 0.29) is 5.91 Å². The van der Waals surface area contributed by atoms with Crippen LogP contribution in [0.4, 0.5) is 5.69 Å². The monoisotopic (exact) mass is 461 g/mol. The SMILES string of the molecule is COc1ccc(C(=O)Nc2ccc(Br)cc2)cc1CSc1ccc(Cl)cc1. The van der Waals surface area contributed by atoms with Crippen LogP contribution in [0, 0.1) is 0 Å². The minimum atomic E-state index is -0.155. The number of hydrogen-bond donors (Lipinski definition) is 1. The molecule has 0 saturated heterocycles.